The highest BCUT2D eigenvalue weighted by atomic mass is 32.1. The molecule has 1 aliphatic rings. The molecule has 0 saturated carbocycles. The quantitative estimate of drug-likeness (QED) is 0.0402. The van der Waals surface area contributed by atoms with E-state index in [0.717, 1.165) is 17.2 Å². The lowest BCUT2D eigenvalue weighted by Crippen LogP contribution is -2.51. The van der Waals surface area contributed by atoms with Crippen molar-refractivity contribution in [1.82, 2.24) is 30.2 Å². The SMILES string of the molecule is C=CC(=O)[C@@]1(n2cnc3c(N)ncnc32)O[C@H](COP(=O)(O)OP(=O)(O)OCC(C)(C)[C@@H](O)C(=O)NCCC(=O)NCCS)[C@@H](OP(=O)(O)O)[C@H]1O. The number of fused-ring (bicyclic) bond motifs is 1. The van der Waals surface area contributed by atoms with E-state index < -0.39 is 89.8 Å². The van der Waals surface area contributed by atoms with Crippen molar-refractivity contribution in [3.63, 3.8) is 0 Å². The van der Waals surface area contributed by atoms with Crippen LogP contribution in [0.25, 0.3) is 11.2 Å². The number of amides is 2. The molecule has 7 atom stereocenters. The van der Waals surface area contributed by atoms with Crippen molar-refractivity contribution < 1.29 is 80.5 Å². The van der Waals surface area contributed by atoms with Gasteiger partial charge in [0.1, 0.15) is 42.6 Å². The maximum Gasteiger partial charge on any atom is 0.481 e. The van der Waals surface area contributed by atoms with E-state index in [0.29, 0.717) is 18.4 Å². The van der Waals surface area contributed by atoms with Gasteiger partial charge in [0.2, 0.25) is 23.3 Å². The molecule has 1 saturated heterocycles. The Morgan fingerprint density at radius 1 is 1.13 bits per heavy atom. The summed E-state index contributed by atoms with van der Waals surface area (Å²) in [5.74, 6) is -2.29. The van der Waals surface area contributed by atoms with Crippen LogP contribution in [0.4, 0.5) is 5.82 Å². The number of phosphoric ester groups is 3. The first-order valence-corrected chi connectivity index (χ1v) is 19.9. The summed E-state index contributed by atoms with van der Waals surface area (Å²) < 4.78 is 62.1. The molecule has 24 nitrogen and oxygen atoms in total. The van der Waals surface area contributed by atoms with Gasteiger partial charge in [-0.05, 0) is 6.08 Å². The Morgan fingerprint density at radius 2 is 1.79 bits per heavy atom. The van der Waals surface area contributed by atoms with Gasteiger partial charge >= 0.3 is 23.5 Å². The lowest BCUT2D eigenvalue weighted by molar-refractivity contribution is -0.168. The number of nitrogens with zero attached hydrogens (tertiary/aromatic N) is 4. The van der Waals surface area contributed by atoms with Gasteiger partial charge < -0.3 is 50.9 Å². The van der Waals surface area contributed by atoms with Crippen molar-refractivity contribution in [3.05, 3.63) is 25.3 Å². The van der Waals surface area contributed by atoms with Crippen LogP contribution in [0.2, 0.25) is 0 Å². The van der Waals surface area contributed by atoms with Crippen LogP contribution in [0.15, 0.2) is 25.3 Å². The first-order valence-electron chi connectivity index (χ1n) is 14.7. The first-order chi connectivity index (χ1) is 24.0. The van der Waals surface area contributed by atoms with Gasteiger partial charge in [-0.3, -0.25) is 32.5 Å². The van der Waals surface area contributed by atoms with Crippen molar-refractivity contribution in [2.75, 3.05) is 37.8 Å². The third-order valence-corrected chi connectivity index (χ3v) is 10.5. The lowest BCUT2D eigenvalue weighted by atomic mass is 9.87. The first kappa shape index (κ1) is 43.7. The molecule has 2 aromatic rings. The predicted molar refractivity (Wildman–Crippen MR) is 178 cm³/mol. The number of carbonyl (C=O) groups is 3. The molecule has 2 aromatic heterocycles. The van der Waals surface area contributed by atoms with Crippen LogP contribution in [0.1, 0.15) is 20.3 Å². The number of aromatic nitrogens is 4. The van der Waals surface area contributed by atoms with Gasteiger partial charge in [-0.1, -0.05) is 20.4 Å². The van der Waals surface area contributed by atoms with E-state index in [2.05, 4.69) is 53.6 Å². The van der Waals surface area contributed by atoms with Crippen molar-refractivity contribution in [2.45, 2.75) is 50.4 Å². The number of thiol groups is 1. The minimum atomic E-state index is -5.69. The number of hydrogen-bond donors (Lipinski definition) is 10. The van der Waals surface area contributed by atoms with Crippen LogP contribution in [0.3, 0.4) is 0 Å². The summed E-state index contributed by atoms with van der Waals surface area (Å²) in [7, 11) is -16.8. The predicted octanol–water partition coefficient (Wildman–Crippen LogP) is -1.76. The topological polar surface area (TPSA) is 364 Å². The van der Waals surface area contributed by atoms with Gasteiger partial charge in [-0.2, -0.15) is 16.9 Å². The van der Waals surface area contributed by atoms with Gasteiger partial charge in [0.25, 0.3) is 0 Å². The number of hydrogen-bond acceptors (Lipinski definition) is 18. The van der Waals surface area contributed by atoms with E-state index >= 15 is 0 Å². The molecule has 0 bridgehead atoms. The summed E-state index contributed by atoms with van der Waals surface area (Å²) in [6, 6.07) is 0. The number of anilines is 1. The fourth-order valence-corrected chi connectivity index (χ4v) is 7.61. The van der Waals surface area contributed by atoms with Gasteiger partial charge in [0, 0.05) is 30.7 Å². The average molecular weight is 822 g/mol. The standard InChI is InChI=1S/C24H38N7O17P3S/c1-4-14(32)24(31-12-30-16-20(25)28-11-29-21(16)31)18(34)17(47-49(37,38)39)13(46-24)9-44-50(40,41)48-51(42,43)45-10-23(2,3)19(35)22(36)27-6-5-15(33)26-7-8-52/h4,11-13,17-19,34-35,52H,1,5-10H2,2-3H3,(H,26,33)(H,27,36)(H,40,41)(H,42,43)(H2,25,28,29)(H2,37,38,39)/t13-,17-,18-,19+,24-/m1/s1. The molecule has 3 heterocycles. The molecular formula is C24H38N7O17P3S. The molecule has 28 heteroatoms. The van der Waals surface area contributed by atoms with Crippen molar-refractivity contribution in [1.29, 1.82) is 0 Å². The Labute approximate surface area is 299 Å². The number of ketones is 1. The van der Waals surface area contributed by atoms with Gasteiger partial charge in [-0.15, -0.1) is 0 Å². The Morgan fingerprint density at radius 3 is 2.40 bits per heavy atom. The fraction of sp³-hybridized carbons (Fsp3) is 0.583. The van der Waals surface area contributed by atoms with E-state index in [4.69, 9.17) is 19.5 Å². The van der Waals surface area contributed by atoms with E-state index in [9.17, 15) is 57.9 Å². The maximum atomic E-state index is 13.3. The average Bonchev–Trinajstić information content (AvgIpc) is 3.60. The van der Waals surface area contributed by atoms with Crippen LogP contribution in [-0.2, 0) is 56.4 Å². The summed E-state index contributed by atoms with van der Waals surface area (Å²) >= 11 is 3.95. The number of phosphoric acid groups is 3. The highest BCUT2D eigenvalue weighted by Gasteiger charge is 2.62. The zero-order chi connectivity index (χ0) is 39.3. The van der Waals surface area contributed by atoms with E-state index in [1.807, 2.05) is 0 Å². The number of carbonyl (C=O) groups excluding carboxylic acids is 3. The number of nitrogens with one attached hydrogen (secondary N) is 2. The fourth-order valence-electron chi connectivity index (χ4n) is 4.68. The molecule has 0 spiro atoms. The van der Waals surface area contributed by atoms with E-state index in [-0.39, 0.29) is 29.9 Å². The van der Waals surface area contributed by atoms with Crippen molar-refractivity contribution >= 4 is 70.7 Å². The third-order valence-electron chi connectivity index (χ3n) is 7.21. The van der Waals surface area contributed by atoms with E-state index in [1.54, 1.807) is 0 Å². The Balaban J connectivity index is 1.74. The Kier molecular flexibility index (Phi) is 14.4. The normalized spacial score (nSPS) is 23.8. The molecule has 0 aromatic carbocycles. The van der Waals surface area contributed by atoms with Crippen molar-refractivity contribution in [3.8, 4) is 0 Å². The number of ether oxygens (including phenoxy) is 1. The van der Waals surface area contributed by atoms with Crippen LogP contribution in [-0.4, -0.2) is 123 Å². The van der Waals surface area contributed by atoms with Gasteiger partial charge in [0.05, 0.1) is 13.2 Å². The number of nitrogens with two attached hydrogens (primary N) is 1. The highest BCUT2D eigenvalue weighted by Crippen LogP contribution is 2.61. The summed E-state index contributed by atoms with van der Waals surface area (Å²) in [5.41, 5.74) is 1.15. The smallest absolute Gasteiger partial charge is 0.385 e. The molecule has 0 aliphatic carbocycles. The molecular weight excluding hydrogens is 783 g/mol. The molecule has 292 valence electrons. The summed E-state index contributed by atoms with van der Waals surface area (Å²) in [5, 5.41) is 26.6. The number of rotatable bonds is 20. The molecule has 2 amide bonds. The molecule has 1 aliphatic heterocycles. The zero-order valence-corrected chi connectivity index (χ0v) is 30.9. The van der Waals surface area contributed by atoms with Gasteiger partial charge in [0.15, 0.2) is 11.5 Å². The monoisotopic (exact) mass is 821 g/mol. The molecule has 1 fully saturated rings. The molecule has 52 heavy (non-hydrogen) atoms. The second kappa shape index (κ2) is 17.2. The number of aliphatic hydroxyl groups excluding tert-OH is 2. The van der Waals surface area contributed by atoms with E-state index in [1.165, 1.54) is 13.8 Å². The highest BCUT2D eigenvalue weighted by molar-refractivity contribution is 7.80. The lowest BCUT2D eigenvalue weighted by Gasteiger charge is -2.31. The van der Waals surface area contributed by atoms with Crippen LogP contribution >= 0.6 is 36.1 Å². The van der Waals surface area contributed by atoms with Crippen molar-refractivity contribution in [2.24, 2.45) is 5.41 Å². The second-order valence-electron chi connectivity index (χ2n) is 11.6. The van der Waals surface area contributed by atoms with Crippen LogP contribution in [0, 0.1) is 5.41 Å². The number of imidazole rings is 1. The van der Waals surface area contributed by atoms with Crippen LogP contribution in [0.5, 0.6) is 0 Å². The maximum absolute atomic E-state index is 13.3. The zero-order valence-electron chi connectivity index (χ0n) is 27.3. The molecule has 3 rings (SSSR count). The molecule has 2 unspecified atom stereocenters. The molecule has 10 N–H and O–H groups in total. The number of nitrogen functional groups attached to an aromatic ring is 1. The Bertz CT molecular complexity index is 1790. The second-order valence-corrected chi connectivity index (χ2v) is 16.2. The minimum absolute atomic E-state index is 0.0884. The van der Waals surface area contributed by atoms with Gasteiger partial charge in [-0.25, -0.2) is 28.6 Å². The minimum Gasteiger partial charge on any atom is -0.385 e. The Hall–Kier alpha value is -2.70. The summed E-state index contributed by atoms with van der Waals surface area (Å²) in [6.45, 7) is 3.71. The number of aliphatic hydroxyl groups is 2. The van der Waals surface area contributed by atoms with Crippen LogP contribution < -0.4 is 16.4 Å². The third kappa shape index (κ3) is 10.7. The summed E-state index contributed by atoms with van der Waals surface area (Å²) in [6.07, 6.45) is -6.03. The summed E-state index contributed by atoms with van der Waals surface area (Å²) in [4.78, 5) is 88.5. The largest absolute Gasteiger partial charge is 0.481 e. The molecule has 0 radical (unpaired) electrons.